The average molecular weight is 452 g/mol. The van der Waals surface area contributed by atoms with Gasteiger partial charge in [-0.15, -0.1) is 0 Å². The van der Waals surface area contributed by atoms with Crippen molar-refractivity contribution in [2.24, 2.45) is 0 Å². The van der Waals surface area contributed by atoms with Gasteiger partial charge < -0.3 is 19.7 Å². The summed E-state index contributed by atoms with van der Waals surface area (Å²) in [4.78, 5) is 43.2. The third-order valence-electron chi connectivity index (χ3n) is 6.23. The van der Waals surface area contributed by atoms with E-state index in [1.54, 1.807) is 54.3 Å². The Kier molecular flexibility index (Phi) is 6.26. The Hall–Kier alpha value is -3.55. The molecule has 4 amide bonds. The SMILES string of the molecule is CCN(CC)C(=O)[C@@H](c1ccccc1)N1C(=O)N[C@](C)(c2ccc3c(c2)OCCCO3)C1=O. The number of nitrogens with zero attached hydrogens (tertiary/aromatic N) is 2. The molecule has 0 aromatic heterocycles. The van der Waals surface area contributed by atoms with E-state index in [0.717, 1.165) is 11.3 Å². The zero-order valence-electron chi connectivity index (χ0n) is 19.2. The van der Waals surface area contributed by atoms with E-state index in [-0.39, 0.29) is 5.91 Å². The number of hydrogen-bond acceptors (Lipinski definition) is 5. The number of urea groups is 1. The van der Waals surface area contributed by atoms with Gasteiger partial charge in [0.15, 0.2) is 11.5 Å². The average Bonchev–Trinajstić information content (AvgIpc) is 2.98. The summed E-state index contributed by atoms with van der Waals surface area (Å²) >= 11 is 0. The molecule has 1 N–H and O–H groups in total. The first-order chi connectivity index (χ1) is 15.9. The van der Waals surface area contributed by atoms with Crippen molar-refractivity contribution in [2.45, 2.75) is 38.8 Å². The molecule has 8 heteroatoms. The zero-order valence-corrected chi connectivity index (χ0v) is 19.2. The summed E-state index contributed by atoms with van der Waals surface area (Å²) in [6.07, 6.45) is 0.761. The fourth-order valence-electron chi connectivity index (χ4n) is 4.31. The number of ether oxygens (including phenoxy) is 2. The minimum Gasteiger partial charge on any atom is -0.490 e. The maximum Gasteiger partial charge on any atom is 0.326 e. The Morgan fingerprint density at radius 3 is 2.39 bits per heavy atom. The summed E-state index contributed by atoms with van der Waals surface area (Å²) in [5, 5.41) is 2.82. The van der Waals surface area contributed by atoms with Crippen LogP contribution in [0, 0.1) is 0 Å². The van der Waals surface area contributed by atoms with Gasteiger partial charge in [-0.25, -0.2) is 9.69 Å². The fourth-order valence-corrected chi connectivity index (χ4v) is 4.31. The minimum absolute atomic E-state index is 0.294. The van der Waals surface area contributed by atoms with E-state index < -0.39 is 23.5 Å². The lowest BCUT2D eigenvalue weighted by Crippen LogP contribution is -2.46. The molecule has 0 aliphatic carbocycles. The van der Waals surface area contributed by atoms with Gasteiger partial charge in [0.1, 0.15) is 11.6 Å². The van der Waals surface area contributed by atoms with Gasteiger partial charge >= 0.3 is 6.03 Å². The van der Waals surface area contributed by atoms with Gasteiger partial charge in [0.25, 0.3) is 11.8 Å². The van der Waals surface area contributed by atoms with E-state index in [4.69, 9.17) is 9.47 Å². The van der Waals surface area contributed by atoms with Gasteiger partial charge in [0.2, 0.25) is 0 Å². The quantitative estimate of drug-likeness (QED) is 0.682. The molecule has 0 radical (unpaired) electrons. The largest absolute Gasteiger partial charge is 0.490 e. The molecule has 2 heterocycles. The molecule has 0 spiro atoms. The maximum absolute atomic E-state index is 13.8. The highest BCUT2D eigenvalue weighted by Gasteiger charge is 2.53. The highest BCUT2D eigenvalue weighted by molar-refractivity contribution is 6.10. The number of amides is 4. The van der Waals surface area contributed by atoms with E-state index in [1.165, 1.54) is 0 Å². The Morgan fingerprint density at radius 2 is 1.73 bits per heavy atom. The van der Waals surface area contributed by atoms with Crippen LogP contribution in [0.1, 0.15) is 44.4 Å². The molecule has 2 atom stereocenters. The molecule has 0 bridgehead atoms. The first-order valence-corrected chi connectivity index (χ1v) is 11.3. The number of imide groups is 1. The van der Waals surface area contributed by atoms with Gasteiger partial charge in [-0.3, -0.25) is 9.59 Å². The second-order valence-corrected chi connectivity index (χ2v) is 8.27. The smallest absolute Gasteiger partial charge is 0.326 e. The Balaban J connectivity index is 1.74. The third-order valence-corrected chi connectivity index (χ3v) is 6.23. The predicted octanol–water partition coefficient (Wildman–Crippen LogP) is 3.22. The summed E-state index contributed by atoms with van der Waals surface area (Å²) in [7, 11) is 0. The normalized spacial score (nSPS) is 20.8. The molecular formula is C25H29N3O5. The van der Waals surface area contributed by atoms with Crippen LogP contribution >= 0.6 is 0 Å². The topological polar surface area (TPSA) is 88.2 Å². The van der Waals surface area contributed by atoms with E-state index >= 15 is 0 Å². The third kappa shape index (κ3) is 4.01. The number of fused-ring (bicyclic) bond motifs is 1. The number of carbonyl (C=O) groups excluding carboxylic acids is 3. The van der Waals surface area contributed by atoms with Crippen LogP contribution in [-0.4, -0.2) is 53.9 Å². The minimum atomic E-state index is -1.35. The van der Waals surface area contributed by atoms with E-state index in [2.05, 4.69) is 5.32 Å². The second kappa shape index (κ2) is 9.13. The van der Waals surface area contributed by atoms with Crippen molar-refractivity contribution in [2.75, 3.05) is 26.3 Å². The van der Waals surface area contributed by atoms with Crippen LogP contribution in [0.5, 0.6) is 11.5 Å². The summed E-state index contributed by atoms with van der Waals surface area (Å²) in [6.45, 7) is 7.40. The predicted molar refractivity (Wildman–Crippen MR) is 122 cm³/mol. The van der Waals surface area contributed by atoms with Crippen LogP contribution in [0.3, 0.4) is 0 Å². The number of benzene rings is 2. The van der Waals surface area contributed by atoms with Gasteiger partial charge in [-0.2, -0.15) is 0 Å². The number of hydrogen-bond donors (Lipinski definition) is 1. The van der Waals surface area contributed by atoms with E-state index in [9.17, 15) is 14.4 Å². The van der Waals surface area contributed by atoms with Gasteiger partial charge in [-0.05, 0) is 44.0 Å². The fraction of sp³-hybridized carbons (Fsp3) is 0.400. The Labute approximate surface area is 193 Å². The molecule has 8 nitrogen and oxygen atoms in total. The van der Waals surface area contributed by atoms with Gasteiger partial charge in [-0.1, -0.05) is 36.4 Å². The highest BCUT2D eigenvalue weighted by atomic mass is 16.5. The Bertz CT molecular complexity index is 1050. The summed E-state index contributed by atoms with van der Waals surface area (Å²) in [5.41, 5.74) is -0.200. The van der Waals surface area contributed by atoms with Crippen LogP contribution in [-0.2, 0) is 15.1 Å². The molecule has 33 heavy (non-hydrogen) atoms. The molecular weight excluding hydrogens is 422 g/mol. The molecule has 1 fully saturated rings. The highest BCUT2D eigenvalue weighted by Crippen LogP contribution is 2.39. The molecule has 2 aliphatic rings. The van der Waals surface area contributed by atoms with Crippen LogP contribution in [0.4, 0.5) is 4.79 Å². The van der Waals surface area contributed by atoms with Crippen molar-refractivity contribution in [3.8, 4) is 11.5 Å². The van der Waals surface area contributed by atoms with Crippen molar-refractivity contribution in [3.05, 3.63) is 59.7 Å². The molecule has 0 saturated carbocycles. The van der Waals surface area contributed by atoms with Gasteiger partial charge in [0, 0.05) is 19.5 Å². The van der Waals surface area contributed by atoms with Crippen molar-refractivity contribution in [1.82, 2.24) is 15.1 Å². The van der Waals surface area contributed by atoms with Gasteiger partial charge in [0.05, 0.1) is 13.2 Å². The van der Waals surface area contributed by atoms with Crippen molar-refractivity contribution >= 4 is 17.8 Å². The first kappa shape index (κ1) is 22.6. The number of carbonyl (C=O) groups is 3. The summed E-state index contributed by atoms with van der Waals surface area (Å²) < 4.78 is 11.5. The lowest BCUT2D eigenvalue weighted by molar-refractivity contribution is -0.143. The van der Waals surface area contributed by atoms with Crippen LogP contribution < -0.4 is 14.8 Å². The lowest BCUT2D eigenvalue weighted by Gasteiger charge is -2.31. The standard InChI is InChI=1S/C25H29N3O5/c1-4-27(5-2)22(29)21(17-10-7-6-8-11-17)28-23(30)25(3,26-24(28)31)18-12-13-19-20(16-18)33-15-9-14-32-19/h6-8,10-13,16,21H,4-5,9,14-15H2,1-3H3,(H,26,31)/t21-,25-/m1/s1. The van der Waals surface area contributed by atoms with Crippen LogP contribution in [0.2, 0.25) is 0 Å². The first-order valence-electron chi connectivity index (χ1n) is 11.3. The molecule has 0 unspecified atom stereocenters. The number of rotatable bonds is 6. The monoisotopic (exact) mass is 451 g/mol. The van der Waals surface area contributed by atoms with Crippen LogP contribution in [0.15, 0.2) is 48.5 Å². The summed E-state index contributed by atoms with van der Waals surface area (Å²) in [6, 6.07) is 12.5. The Morgan fingerprint density at radius 1 is 1.06 bits per heavy atom. The molecule has 2 aromatic carbocycles. The molecule has 4 rings (SSSR count). The maximum atomic E-state index is 13.8. The van der Waals surface area contributed by atoms with E-state index in [1.807, 2.05) is 19.9 Å². The van der Waals surface area contributed by atoms with E-state index in [0.29, 0.717) is 48.9 Å². The van der Waals surface area contributed by atoms with Crippen molar-refractivity contribution < 1.29 is 23.9 Å². The lowest BCUT2D eigenvalue weighted by atomic mass is 9.91. The van der Waals surface area contributed by atoms with Crippen molar-refractivity contribution in [1.29, 1.82) is 0 Å². The summed E-state index contributed by atoms with van der Waals surface area (Å²) in [5.74, 6) is 0.354. The molecule has 2 aliphatic heterocycles. The van der Waals surface area contributed by atoms with Crippen molar-refractivity contribution in [3.63, 3.8) is 0 Å². The number of likely N-dealkylation sites (N-methyl/N-ethyl adjacent to an activating group) is 1. The molecule has 174 valence electrons. The zero-order chi connectivity index (χ0) is 23.6. The second-order valence-electron chi connectivity index (χ2n) is 8.27. The number of nitrogens with one attached hydrogen (secondary N) is 1. The molecule has 1 saturated heterocycles. The molecule has 2 aromatic rings. The van der Waals surface area contributed by atoms with Crippen LogP contribution in [0.25, 0.3) is 0 Å².